The third kappa shape index (κ3) is 9.91. The van der Waals surface area contributed by atoms with E-state index in [1.807, 2.05) is 13.8 Å². The molecule has 4 unspecified atom stereocenters. The molecule has 9 N–H and O–H groups in total. The molecule has 0 aliphatic heterocycles. The van der Waals surface area contributed by atoms with Crippen molar-refractivity contribution in [3.8, 4) is 0 Å². The molecule has 0 radical (unpaired) electrons. The van der Waals surface area contributed by atoms with Crippen LogP contribution in [0.5, 0.6) is 0 Å². The Labute approximate surface area is 196 Å². The van der Waals surface area contributed by atoms with E-state index < -0.39 is 60.2 Å². The Bertz CT molecular complexity index is 833. The molecule has 0 bridgehead atoms. The summed E-state index contributed by atoms with van der Waals surface area (Å²) in [5.41, 5.74) is 11.3. The van der Waals surface area contributed by atoms with E-state index in [1.54, 1.807) is 0 Å². The molecule has 1 aromatic heterocycles. The Morgan fingerprint density at radius 2 is 1.64 bits per heavy atom. The van der Waals surface area contributed by atoms with Gasteiger partial charge in [-0.05, 0) is 12.3 Å². The van der Waals surface area contributed by atoms with Crippen molar-refractivity contribution in [1.29, 1.82) is 0 Å². The Balaban J connectivity index is 2.97. The summed E-state index contributed by atoms with van der Waals surface area (Å²) in [6.07, 6.45) is 2.30. The molecule has 0 saturated carbocycles. The summed E-state index contributed by atoms with van der Waals surface area (Å²) in [5, 5.41) is 16.6. The summed E-state index contributed by atoms with van der Waals surface area (Å²) in [6.45, 7) is 3.65. The number of thiol groups is 1. The third-order valence-corrected chi connectivity index (χ3v) is 4.90. The lowest BCUT2D eigenvalue weighted by molar-refractivity contribution is -0.142. The number of carboxylic acid groups (broad SMARTS) is 1. The number of aromatic nitrogens is 2. The van der Waals surface area contributed by atoms with E-state index in [-0.39, 0.29) is 24.5 Å². The highest BCUT2D eigenvalue weighted by molar-refractivity contribution is 7.80. The Kier molecular flexibility index (Phi) is 11.4. The maximum absolute atomic E-state index is 12.9. The first-order valence-electron chi connectivity index (χ1n) is 10.2. The predicted molar refractivity (Wildman–Crippen MR) is 121 cm³/mol. The molecule has 0 aliphatic rings. The van der Waals surface area contributed by atoms with Gasteiger partial charge in [-0.25, -0.2) is 9.78 Å². The number of aromatic amines is 1. The number of carboxylic acids is 1. The summed E-state index contributed by atoms with van der Waals surface area (Å²) in [5.74, 6) is -4.44. The van der Waals surface area contributed by atoms with Gasteiger partial charge < -0.3 is 37.5 Å². The lowest BCUT2D eigenvalue weighted by Crippen LogP contribution is -2.58. The van der Waals surface area contributed by atoms with Crippen LogP contribution in [0.15, 0.2) is 12.5 Å². The largest absolute Gasteiger partial charge is 0.480 e. The lowest BCUT2D eigenvalue weighted by atomic mass is 10.0. The highest BCUT2D eigenvalue weighted by Gasteiger charge is 2.31. The molecule has 0 spiro atoms. The van der Waals surface area contributed by atoms with Crippen LogP contribution in [0.25, 0.3) is 0 Å². The van der Waals surface area contributed by atoms with E-state index in [4.69, 9.17) is 11.5 Å². The van der Waals surface area contributed by atoms with Crippen LogP contribution in [0.1, 0.15) is 32.4 Å². The summed E-state index contributed by atoms with van der Waals surface area (Å²) < 4.78 is 0. The smallest absolute Gasteiger partial charge is 0.326 e. The van der Waals surface area contributed by atoms with Crippen molar-refractivity contribution in [2.24, 2.45) is 17.4 Å². The first kappa shape index (κ1) is 27.9. The lowest BCUT2D eigenvalue weighted by Gasteiger charge is -2.25. The fourth-order valence-electron chi connectivity index (χ4n) is 2.84. The van der Waals surface area contributed by atoms with Crippen LogP contribution in [0.2, 0.25) is 0 Å². The fraction of sp³-hybridized carbons (Fsp3) is 0.579. The maximum atomic E-state index is 12.9. The zero-order valence-electron chi connectivity index (χ0n) is 18.4. The number of carbonyl (C=O) groups is 5. The van der Waals surface area contributed by atoms with Gasteiger partial charge in [0.15, 0.2) is 0 Å². The topological polar surface area (TPSA) is 222 Å². The molecule has 4 amide bonds. The van der Waals surface area contributed by atoms with Gasteiger partial charge in [-0.2, -0.15) is 12.6 Å². The maximum Gasteiger partial charge on any atom is 0.326 e. The number of nitrogens with two attached hydrogens (primary N) is 2. The van der Waals surface area contributed by atoms with Crippen LogP contribution in [-0.4, -0.2) is 74.6 Å². The molecular weight excluding hydrogens is 454 g/mol. The number of amides is 4. The summed E-state index contributed by atoms with van der Waals surface area (Å²) >= 11 is 3.95. The monoisotopic (exact) mass is 485 g/mol. The molecule has 1 rings (SSSR count). The first-order valence-corrected chi connectivity index (χ1v) is 10.8. The number of nitrogens with zero attached hydrogens (tertiary/aromatic N) is 1. The van der Waals surface area contributed by atoms with Crippen molar-refractivity contribution in [2.75, 3.05) is 5.75 Å². The SMILES string of the molecule is CC(C)CC(NC(=O)C(N)CS)C(=O)NC(CC(N)=O)C(=O)NC(Cc1cnc[nH]1)C(=O)O. The molecular formula is C19H31N7O6S. The van der Waals surface area contributed by atoms with Crippen LogP contribution in [0.3, 0.4) is 0 Å². The number of hydrogen-bond acceptors (Lipinski definition) is 8. The van der Waals surface area contributed by atoms with Crippen molar-refractivity contribution in [3.63, 3.8) is 0 Å². The van der Waals surface area contributed by atoms with Crippen LogP contribution in [0, 0.1) is 5.92 Å². The minimum Gasteiger partial charge on any atom is -0.480 e. The minimum absolute atomic E-state index is 0.0116. The van der Waals surface area contributed by atoms with Crippen molar-refractivity contribution in [1.82, 2.24) is 25.9 Å². The molecule has 1 aromatic rings. The molecule has 0 aliphatic carbocycles. The number of hydrogen-bond donors (Lipinski definition) is 8. The van der Waals surface area contributed by atoms with E-state index >= 15 is 0 Å². The number of imidazole rings is 1. The molecule has 14 heteroatoms. The molecule has 0 saturated heterocycles. The molecule has 0 aromatic carbocycles. The van der Waals surface area contributed by atoms with Gasteiger partial charge in [0.05, 0.1) is 18.8 Å². The molecule has 13 nitrogen and oxygen atoms in total. The second-order valence-corrected chi connectivity index (χ2v) is 8.26. The second-order valence-electron chi connectivity index (χ2n) is 7.89. The summed E-state index contributed by atoms with van der Waals surface area (Å²) in [7, 11) is 0. The zero-order valence-corrected chi connectivity index (χ0v) is 19.3. The van der Waals surface area contributed by atoms with Gasteiger partial charge in [-0.1, -0.05) is 13.8 Å². The number of carbonyl (C=O) groups excluding carboxylic acids is 4. The highest BCUT2D eigenvalue weighted by Crippen LogP contribution is 2.07. The third-order valence-electron chi connectivity index (χ3n) is 4.51. The van der Waals surface area contributed by atoms with Crippen molar-refractivity contribution < 1.29 is 29.1 Å². The van der Waals surface area contributed by atoms with Crippen LogP contribution in [0.4, 0.5) is 0 Å². The van der Waals surface area contributed by atoms with Crippen molar-refractivity contribution in [2.45, 2.75) is 57.3 Å². The molecule has 33 heavy (non-hydrogen) atoms. The fourth-order valence-corrected chi connectivity index (χ4v) is 3.00. The molecule has 1 heterocycles. The van der Waals surface area contributed by atoms with Crippen LogP contribution >= 0.6 is 12.6 Å². The van der Waals surface area contributed by atoms with Gasteiger partial charge in [0.2, 0.25) is 23.6 Å². The zero-order chi connectivity index (χ0) is 25.1. The van der Waals surface area contributed by atoms with E-state index in [9.17, 15) is 29.1 Å². The van der Waals surface area contributed by atoms with Crippen LogP contribution < -0.4 is 27.4 Å². The van der Waals surface area contributed by atoms with Crippen molar-refractivity contribution >= 4 is 42.2 Å². The van der Waals surface area contributed by atoms with Gasteiger partial charge in [0.1, 0.15) is 18.1 Å². The van der Waals surface area contributed by atoms with Gasteiger partial charge >= 0.3 is 5.97 Å². The highest BCUT2D eigenvalue weighted by atomic mass is 32.1. The summed E-state index contributed by atoms with van der Waals surface area (Å²) in [4.78, 5) is 67.3. The number of nitrogens with one attached hydrogen (secondary N) is 4. The molecule has 4 atom stereocenters. The Hall–Kier alpha value is -3.13. The van der Waals surface area contributed by atoms with Crippen molar-refractivity contribution in [3.05, 3.63) is 18.2 Å². The molecule has 0 fully saturated rings. The normalized spacial score (nSPS) is 14.6. The minimum atomic E-state index is -1.45. The van der Waals surface area contributed by atoms with E-state index in [0.717, 1.165) is 0 Å². The van der Waals surface area contributed by atoms with Crippen LogP contribution in [-0.2, 0) is 30.4 Å². The van der Waals surface area contributed by atoms with Gasteiger partial charge in [-0.3, -0.25) is 19.2 Å². The summed E-state index contributed by atoms with van der Waals surface area (Å²) in [6, 6.07) is -4.81. The number of primary amides is 1. The molecule has 184 valence electrons. The second kappa shape index (κ2) is 13.4. The number of H-pyrrole nitrogens is 1. The van der Waals surface area contributed by atoms with Gasteiger partial charge in [-0.15, -0.1) is 0 Å². The number of rotatable bonds is 14. The Morgan fingerprint density at radius 1 is 1.06 bits per heavy atom. The predicted octanol–water partition coefficient (Wildman–Crippen LogP) is -2.33. The van der Waals surface area contributed by atoms with E-state index in [0.29, 0.717) is 5.69 Å². The Morgan fingerprint density at radius 3 is 2.12 bits per heavy atom. The van der Waals surface area contributed by atoms with Gasteiger partial charge in [0.25, 0.3) is 0 Å². The first-order chi connectivity index (χ1) is 15.4. The average molecular weight is 486 g/mol. The standard InChI is InChI=1S/C19H31N7O6S/c1-9(2)3-12(24-16(28)11(20)7-33)17(29)25-13(5-15(21)27)18(30)26-14(19(31)32)4-10-6-22-8-23-10/h6,8-9,11-14,33H,3-5,7,20H2,1-2H3,(H2,21,27)(H,22,23)(H,24,28)(H,25,29)(H,26,30)(H,31,32). The van der Waals surface area contributed by atoms with E-state index in [2.05, 4.69) is 38.5 Å². The quantitative estimate of drug-likeness (QED) is 0.133. The van der Waals surface area contributed by atoms with Gasteiger partial charge in [0, 0.05) is 24.1 Å². The number of aliphatic carboxylic acids is 1. The van der Waals surface area contributed by atoms with E-state index in [1.165, 1.54) is 12.5 Å². The average Bonchev–Trinajstić information content (AvgIpc) is 3.23.